The molecule has 7 nitrogen and oxygen atoms in total. The van der Waals surface area contributed by atoms with Crippen molar-refractivity contribution in [2.75, 3.05) is 0 Å². The van der Waals surface area contributed by atoms with Crippen LogP contribution in [0.2, 0.25) is 0 Å². The van der Waals surface area contributed by atoms with Gasteiger partial charge < -0.3 is 16.2 Å². The van der Waals surface area contributed by atoms with E-state index in [-0.39, 0.29) is 35.7 Å². The van der Waals surface area contributed by atoms with Crippen LogP contribution in [0.4, 0.5) is 0 Å². The van der Waals surface area contributed by atoms with Crippen molar-refractivity contribution < 1.29 is 14.7 Å². The SMILES string of the molecule is CC1(C)CC(=O)N([C@@H]2CC(C)(C)c3ccc(C(=O)N[C@@H]4c5ccccc5C[C@@]4(C)O)cc32)C(N)=N1. The molecular weight excluding hydrogens is 440 g/mol. The minimum absolute atomic E-state index is 0.0513. The molecule has 2 aliphatic carbocycles. The number of carbonyl (C=O) groups is 2. The number of aliphatic hydroxyl groups is 1. The Labute approximate surface area is 206 Å². The van der Waals surface area contributed by atoms with Gasteiger partial charge in [-0.1, -0.05) is 44.2 Å². The molecule has 184 valence electrons. The van der Waals surface area contributed by atoms with Gasteiger partial charge in [0.25, 0.3) is 5.91 Å². The number of carbonyl (C=O) groups excluding carboxylic acids is 2. The lowest BCUT2D eigenvalue weighted by molar-refractivity contribution is -0.131. The van der Waals surface area contributed by atoms with Crippen LogP contribution in [0, 0.1) is 0 Å². The highest BCUT2D eigenvalue weighted by molar-refractivity contribution is 6.00. The van der Waals surface area contributed by atoms with Gasteiger partial charge in [0.2, 0.25) is 5.91 Å². The second-order valence-corrected chi connectivity index (χ2v) is 11.8. The molecule has 0 radical (unpaired) electrons. The number of hydrogen-bond acceptors (Lipinski definition) is 5. The second-order valence-electron chi connectivity index (χ2n) is 11.8. The average molecular weight is 475 g/mol. The molecular formula is C28H34N4O3. The summed E-state index contributed by atoms with van der Waals surface area (Å²) in [6, 6.07) is 12.7. The lowest BCUT2D eigenvalue weighted by Crippen LogP contribution is -2.51. The van der Waals surface area contributed by atoms with Crippen LogP contribution < -0.4 is 11.1 Å². The fourth-order valence-electron chi connectivity index (χ4n) is 6.10. The number of guanidine groups is 1. The summed E-state index contributed by atoms with van der Waals surface area (Å²) in [5.74, 6) is -0.0797. The van der Waals surface area contributed by atoms with Crippen LogP contribution in [0.15, 0.2) is 47.5 Å². The zero-order valence-corrected chi connectivity index (χ0v) is 21.1. The van der Waals surface area contributed by atoms with Crippen LogP contribution in [0.1, 0.15) is 92.2 Å². The summed E-state index contributed by atoms with van der Waals surface area (Å²) >= 11 is 0. The summed E-state index contributed by atoms with van der Waals surface area (Å²) in [6.45, 7) is 9.85. The van der Waals surface area contributed by atoms with Crippen molar-refractivity contribution in [2.24, 2.45) is 10.7 Å². The predicted molar refractivity (Wildman–Crippen MR) is 135 cm³/mol. The van der Waals surface area contributed by atoms with E-state index in [2.05, 4.69) is 24.2 Å². The molecule has 7 heteroatoms. The van der Waals surface area contributed by atoms with E-state index in [4.69, 9.17) is 5.73 Å². The van der Waals surface area contributed by atoms with Gasteiger partial charge in [0.05, 0.1) is 29.6 Å². The Bertz CT molecular complexity index is 1260. The van der Waals surface area contributed by atoms with E-state index in [1.807, 2.05) is 56.3 Å². The molecule has 35 heavy (non-hydrogen) atoms. The number of nitrogens with zero attached hydrogens (tertiary/aromatic N) is 2. The maximum atomic E-state index is 13.4. The van der Waals surface area contributed by atoms with Crippen LogP contribution in [0.25, 0.3) is 0 Å². The molecule has 2 aromatic rings. The van der Waals surface area contributed by atoms with Crippen LogP contribution in [-0.2, 0) is 16.6 Å². The first-order valence-corrected chi connectivity index (χ1v) is 12.2. The molecule has 2 aromatic carbocycles. The van der Waals surface area contributed by atoms with E-state index in [0.717, 1.165) is 22.3 Å². The number of hydrogen-bond donors (Lipinski definition) is 3. The van der Waals surface area contributed by atoms with Crippen LogP contribution in [0.5, 0.6) is 0 Å². The Hall–Kier alpha value is -3.19. The van der Waals surface area contributed by atoms with E-state index < -0.39 is 17.2 Å². The molecule has 0 spiro atoms. The monoisotopic (exact) mass is 474 g/mol. The second kappa shape index (κ2) is 7.65. The van der Waals surface area contributed by atoms with Crippen molar-refractivity contribution in [3.8, 4) is 0 Å². The summed E-state index contributed by atoms with van der Waals surface area (Å²) < 4.78 is 0. The van der Waals surface area contributed by atoms with Gasteiger partial charge in [-0.15, -0.1) is 0 Å². The molecule has 1 heterocycles. The molecule has 0 saturated heterocycles. The molecule has 4 N–H and O–H groups in total. The molecule has 0 fully saturated rings. The first kappa shape index (κ1) is 23.5. The molecule has 0 saturated carbocycles. The van der Waals surface area contributed by atoms with Crippen molar-refractivity contribution in [1.29, 1.82) is 0 Å². The maximum absolute atomic E-state index is 13.4. The van der Waals surface area contributed by atoms with E-state index in [1.165, 1.54) is 0 Å². The lowest BCUT2D eigenvalue weighted by atomic mass is 9.86. The van der Waals surface area contributed by atoms with Crippen molar-refractivity contribution >= 4 is 17.8 Å². The van der Waals surface area contributed by atoms with Gasteiger partial charge in [-0.25, -0.2) is 4.99 Å². The zero-order valence-electron chi connectivity index (χ0n) is 21.1. The van der Waals surface area contributed by atoms with Crippen molar-refractivity contribution in [3.05, 3.63) is 70.3 Å². The summed E-state index contributed by atoms with van der Waals surface area (Å²) in [6.07, 6.45) is 1.47. The molecule has 1 aliphatic heterocycles. The highest BCUT2D eigenvalue weighted by atomic mass is 16.3. The third-order valence-corrected chi connectivity index (χ3v) is 7.75. The summed E-state index contributed by atoms with van der Waals surface area (Å²) in [4.78, 5) is 32.7. The number of aliphatic imine (C=N–C) groups is 1. The number of fused-ring (bicyclic) bond motifs is 2. The molecule has 3 aliphatic rings. The van der Waals surface area contributed by atoms with Crippen LogP contribution >= 0.6 is 0 Å². The smallest absolute Gasteiger partial charge is 0.251 e. The Morgan fingerprint density at radius 3 is 2.51 bits per heavy atom. The van der Waals surface area contributed by atoms with Gasteiger partial charge in [0, 0.05) is 12.0 Å². The first-order valence-electron chi connectivity index (χ1n) is 12.2. The van der Waals surface area contributed by atoms with Crippen molar-refractivity contribution in [2.45, 2.75) is 82.5 Å². The average Bonchev–Trinajstić information content (AvgIpc) is 3.15. The number of amides is 2. The minimum Gasteiger partial charge on any atom is -0.387 e. The molecule has 3 atom stereocenters. The fourth-order valence-corrected chi connectivity index (χ4v) is 6.10. The van der Waals surface area contributed by atoms with E-state index >= 15 is 0 Å². The predicted octanol–water partition coefficient (Wildman–Crippen LogP) is 3.51. The van der Waals surface area contributed by atoms with Gasteiger partial charge in [-0.2, -0.15) is 0 Å². The quantitative estimate of drug-likeness (QED) is 0.633. The fraction of sp³-hybridized carbons (Fsp3) is 0.464. The van der Waals surface area contributed by atoms with E-state index in [9.17, 15) is 14.7 Å². The summed E-state index contributed by atoms with van der Waals surface area (Å²) in [5, 5.41) is 14.1. The Kier molecular flexibility index (Phi) is 5.15. The molecule has 0 unspecified atom stereocenters. The van der Waals surface area contributed by atoms with E-state index in [0.29, 0.717) is 18.4 Å². The lowest BCUT2D eigenvalue weighted by Gasteiger charge is -2.37. The Balaban J connectivity index is 1.48. The topological polar surface area (TPSA) is 108 Å². The first-order chi connectivity index (χ1) is 16.3. The number of benzene rings is 2. The molecule has 2 amide bonds. The highest BCUT2D eigenvalue weighted by Gasteiger charge is 2.46. The zero-order chi connectivity index (χ0) is 25.3. The van der Waals surface area contributed by atoms with Crippen molar-refractivity contribution in [1.82, 2.24) is 10.2 Å². The Morgan fingerprint density at radius 1 is 1.09 bits per heavy atom. The minimum atomic E-state index is -1.07. The van der Waals surface area contributed by atoms with Crippen LogP contribution in [-0.4, -0.2) is 38.9 Å². The summed E-state index contributed by atoms with van der Waals surface area (Å²) in [7, 11) is 0. The molecule has 0 aromatic heterocycles. The normalized spacial score (nSPS) is 28.3. The number of rotatable bonds is 3. The highest BCUT2D eigenvalue weighted by Crippen LogP contribution is 2.48. The summed E-state index contributed by atoms with van der Waals surface area (Å²) in [5.41, 5.74) is 9.02. The number of nitrogens with one attached hydrogen (secondary N) is 1. The Morgan fingerprint density at radius 2 is 1.80 bits per heavy atom. The number of nitrogens with two attached hydrogens (primary N) is 1. The molecule has 5 rings (SSSR count). The van der Waals surface area contributed by atoms with Gasteiger partial charge in [0.15, 0.2) is 5.96 Å². The van der Waals surface area contributed by atoms with Crippen molar-refractivity contribution in [3.63, 3.8) is 0 Å². The van der Waals surface area contributed by atoms with Gasteiger partial charge in [-0.3, -0.25) is 14.5 Å². The van der Waals surface area contributed by atoms with Gasteiger partial charge >= 0.3 is 0 Å². The third-order valence-electron chi connectivity index (χ3n) is 7.75. The maximum Gasteiger partial charge on any atom is 0.251 e. The standard InChI is InChI=1S/C28H34N4O3/c1-26(2)14-21(32-22(33)15-27(3,4)31-25(32)29)19-12-16(10-11-20(19)26)24(34)30-23-18-9-7-6-8-17(18)13-28(23,5)35/h6-12,21,23,35H,13-15H2,1-5H3,(H2,29,31)(H,30,34)/t21-,23-,28-/m1/s1. The van der Waals surface area contributed by atoms with E-state index in [1.54, 1.807) is 11.8 Å². The largest absolute Gasteiger partial charge is 0.387 e. The molecule has 0 bridgehead atoms. The van der Waals surface area contributed by atoms with Crippen LogP contribution in [0.3, 0.4) is 0 Å². The third kappa shape index (κ3) is 3.92. The van der Waals surface area contributed by atoms with Gasteiger partial charge in [-0.05, 0) is 67.0 Å². The van der Waals surface area contributed by atoms with Gasteiger partial charge in [0.1, 0.15) is 0 Å².